The number of aromatic nitrogens is 2. The smallest absolute Gasteiger partial charge is 0.125 e. The fourth-order valence-electron chi connectivity index (χ4n) is 0.525. The maximum atomic E-state index is 5.32. The lowest BCUT2D eigenvalue weighted by Gasteiger charge is -1.92. The minimum atomic E-state index is 0.514. The summed E-state index contributed by atoms with van der Waals surface area (Å²) in [4.78, 5) is 7.92. The normalized spacial score (nSPS) is 8.36. The van der Waals surface area contributed by atoms with Crippen LogP contribution in [0.15, 0.2) is 12.4 Å². The van der Waals surface area contributed by atoms with Gasteiger partial charge in [-0.1, -0.05) is 13.8 Å². The Hall–Kier alpha value is -0.960. The average molecular weight is 153 g/mol. The van der Waals surface area contributed by atoms with Crippen LogP contribution in [0, 0.1) is 6.92 Å². The molecule has 0 aliphatic rings. The van der Waals surface area contributed by atoms with Crippen molar-refractivity contribution in [1.29, 1.82) is 0 Å². The summed E-state index contributed by atoms with van der Waals surface area (Å²) in [5.74, 6) is 0.784. The van der Waals surface area contributed by atoms with E-state index < -0.39 is 0 Å². The van der Waals surface area contributed by atoms with Crippen molar-refractivity contribution in [3.63, 3.8) is 0 Å². The molecule has 3 nitrogen and oxygen atoms in total. The van der Waals surface area contributed by atoms with Gasteiger partial charge in [-0.15, -0.1) is 0 Å². The summed E-state index contributed by atoms with van der Waals surface area (Å²) in [7, 11) is 0. The molecule has 0 atom stereocenters. The van der Waals surface area contributed by atoms with E-state index in [-0.39, 0.29) is 0 Å². The number of aryl methyl sites for hydroxylation is 1. The second kappa shape index (κ2) is 5.80. The van der Waals surface area contributed by atoms with E-state index in [1.165, 1.54) is 0 Å². The Labute approximate surface area is 67.7 Å². The summed E-state index contributed by atoms with van der Waals surface area (Å²) in [5.41, 5.74) is 6.29. The van der Waals surface area contributed by atoms with Gasteiger partial charge in [-0.25, -0.2) is 9.97 Å². The molecule has 1 rings (SSSR count). The van der Waals surface area contributed by atoms with E-state index in [9.17, 15) is 0 Å². The first-order chi connectivity index (χ1) is 5.33. The van der Waals surface area contributed by atoms with Gasteiger partial charge in [-0.05, 0) is 6.92 Å². The third kappa shape index (κ3) is 3.68. The molecule has 0 bridgehead atoms. The van der Waals surface area contributed by atoms with Crippen LogP contribution in [0.2, 0.25) is 0 Å². The minimum Gasteiger partial charge on any atom is -0.326 e. The number of hydrogen-bond donors (Lipinski definition) is 1. The van der Waals surface area contributed by atoms with Gasteiger partial charge in [-0.3, -0.25) is 0 Å². The van der Waals surface area contributed by atoms with Gasteiger partial charge in [0.1, 0.15) is 5.82 Å². The Bertz CT molecular complexity index is 181. The quantitative estimate of drug-likeness (QED) is 0.661. The molecule has 1 aromatic heterocycles. The van der Waals surface area contributed by atoms with Gasteiger partial charge in [0.2, 0.25) is 0 Å². The molecule has 0 amide bonds. The van der Waals surface area contributed by atoms with E-state index >= 15 is 0 Å². The SMILES string of the molecule is CC.Cc1ncc(CN)cn1. The molecular weight excluding hydrogens is 138 g/mol. The van der Waals surface area contributed by atoms with Crippen LogP contribution >= 0.6 is 0 Å². The van der Waals surface area contributed by atoms with Crippen LogP contribution in [-0.4, -0.2) is 9.97 Å². The van der Waals surface area contributed by atoms with Gasteiger partial charge >= 0.3 is 0 Å². The van der Waals surface area contributed by atoms with Crippen molar-refractivity contribution >= 4 is 0 Å². The van der Waals surface area contributed by atoms with Gasteiger partial charge in [0, 0.05) is 24.5 Å². The molecule has 0 saturated carbocycles. The van der Waals surface area contributed by atoms with Crippen LogP contribution < -0.4 is 5.73 Å². The van der Waals surface area contributed by atoms with E-state index in [1.807, 2.05) is 20.8 Å². The van der Waals surface area contributed by atoms with Gasteiger partial charge in [0.05, 0.1) is 0 Å². The van der Waals surface area contributed by atoms with Crippen molar-refractivity contribution in [3.05, 3.63) is 23.8 Å². The number of rotatable bonds is 1. The zero-order valence-electron chi connectivity index (χ0n) is 7.33. The highest BCUT2D eigenvalue weighted by Crippen LogP contribution is 1.91. The second-order valence-electron chi connectivity index (χ2n) is 1.84. The third-order valence-corrected chi connectivity index (χ3v) is 1.07. The van der Waals surface area contributed by atoms with E-state index in [2.05, 4.69) is 9.97 Å². The summed E-state index contributed by atoms with van der Waals surface area (Å²) in [6, 6.07) is 0. The van der Waals surface area contributed by atoms with Crippen molar-refractivity contribution in [3.8, 4) is 0 Å². The molecule has 1 heterocycles. The first-order valence-electron chi connectivity index (χ1n) is 3.80. The highest BCUT2D eigenvalue weighted by Gasteiger charge is 1.87. The summed E-state index contributed by atoms with van der Waals surface area (Å²) in [5, 5.41) is 0. The Morgan fingerprint density at radius 2 is 1.73 bits per heavy atom. The molecule has 3 heteroatoms. The van der Waals surface area contributed by atoms with Crippen LogP contribution in [-0.2, 0) is 6.54 Å². The molecule has 11 heavy (non-hydrogen) atoms. The highest BCUT2D eigenvalue weighted by molar-refractivity contribution is 5.03. The monoisotopic (exact) mass is 153 g/mol. The molecule has 62 valence electrons. The third-order valence-electron chi connectivity index (χ3n) is 1.07. The lowest BCUT2D eigenvalue weighted by atomic mass is 10.3. The molecule has 0 unspecified atom stereocenters. The lowest BCUT2D eigenvalue weighted by molar-refractivity contribution is 0.969. The van der Waals surface area contributed by atoms with Crippen LogP contribution in [0.4, 0.5) is 0 Å². The van der Waals surface area contributed by atoms with Crippen LogP contribution in [0.3, 0.4) is 0 Å². The topological polar surface area (TPSA) is 51.8 Å². The molecule has 0 aromatic carbocycles. The predicted molar refractivity (Wildman–Crippen MR) is 46.0 cm³/mol. The fourth-order valence-corrected chi connectivity index (χ4v) is 0.525. The number of nitrogens with two attached hydrogens (primary N) is 1. The van der Waals surface area contributed by atoms with E-state index in [0.29, 0.717) is 6.54 Å². The molecule has 0 radical (unpaired) electrons. The van der Waals surface area contributed by atoms with E-state index in [4.69, 9.17) is 5.73 Å². The summed E-state index contributed by atoms with van der Waals surface area (Å²) < 4.78 is 0. The molecule has 0 aliphatic heterocycles. The number of nitrogens with zero attached hydrogens (tertiary/aromatic N) is 2. The molecule has 0 spiro atoms. The van der Waals surface area contributed by atoms with Crippen molar-refractivity contribution in [2.24, 2.45) is 5.73 Å². The Kier molecular flexibility index (Phi) is 5.29. The molecule has 0 aliphatic carbocycles. The minimum absolute atomic E-state index is 0.514. The predicted octanol–water partition coefficient (Wildman–Crippen LogP) is 1.27. The summed E-state index contributed by atoms with van der Waals surface area (Å²) in [6.07, 6.45) is 3.48. The average Bonchev–Trinajstić information content (AvgIpc) is 2.10. The largest absolute Gasteiger partial charge is 0.326 e. The molecule has 0 saturated heterocycles. The first-order valence-corrected chi connectivity index (χ1v) is 3.80. The van der Waals surface area contributed by atoms with E-state index in [1.54, 1.807) is 12.4 Å². The van der Waals surface area contributed by atoms with Crippen LogP contribution in [0.5, 0.6) is 0 Å². The number of hydrogen-bond acceptors (Lipinski definition) is 3. The van der Waals surface area contributed by atoms with Crippen molar-refractivity contribution in [1.82, 2.24) is 9.97 Å². The Balaban J connectivity index is 0.000000461. The van der Waals surface area contributed by atoms with Gasteiger partial charge < -0.3 is 5.73 Å². The Morgan fingerprint density at radius 3 is 2.09 bits per heavy atom. The van der Waals surface area contributed by atoms with Crippen LogP contribution in [0.1, 0.15) is 25.2 Å². The lowest BCUT2D eigenvalue weighted by Crippen LogP contribution is -1.98. The van der Waals surface area contributed by atoms with Crippen LogP contribution in [0.25, 0.3) is 0 Å². The van der Waals surface area contributed by atoms with Gasteiger partial charge in [0.25, 0.3) is 0 Å². The highest BCUT2D eigenvalue weighted by atomic mass is 14.8. The maximum absolute atomic E-state index is 5.32. The maximum Gasteiger partial charge on any atom is 0.125 e. The standard InChI is InChI=1S/C6H9N3.C2H6/c1-5-8-3-6(2-7)4-9-5;1-2/h3-4H,2,7H2,1H3;1-2H3. The molecule has 2 N–H and O–H groups in total. The summed E-state index contributed by atoms with van der Waals surface area (Å²) in [6.45, 7) is 6.36. The van der Waals surface area contributed by atoms with Crippen molar-refractivity contribution in [2.75, 3.05) is 0 Å². The first kappa shape index (κ1) is 10.0. The Morgan fingerprint density at radius 1 is 1.27 bits per heavy atom. The molecular formula is C8H15N3. The zero-order chi connectivity index (χ0) is 8.69. The van der Waals surface area contributed by atoms with Gasteiger partial charge in [0.15, 0.2) is 0 Å². The van der Waals surface area contributed by atoms with Crippen molar-refractivity contribution < 1.29 is 0 Å². The molecule has 1 aromatic rings. The molecule has 0 fully saturated rings. The second-order valence-corrected chi connectivity index (χ2v) is 1.84. The fraction of sp³-hybridized carbons (Fsp3) is 0.500. The van der Waals surface area contributed by atoms with Gasteiger partial charge in [-0.2, -0.15) is 0 Å². The zero-order valence-corrected chi connectivity index (χ0v) is 7.33. The van der Waals surface area contributed by atoms with E-state index in [0.717, 1.165) is 11.4 Å². The summed E-state index contributed by atoms with van der Waals surface area (Å²) >= 11 is 0. The van der Waals surface area contributed by atoms with Crippen molar-refractivity contribution in [2.45, 2.75) is 27.3 Å².